The summed E-state index contributed by atoms with van der Waals surface area (Å²) < 4.78 is 42.3. The van der Waals surface area contributed by atoms with E-state index in [1.165, 1.54) is 22.5 Å². The van der Waals surface area contributed by atoms with Crippen LogP contribution in [0.4, 0.5) is 0 Å². The molecule has 0 saturated heterocycles. The highest BCUT2D eigenvalue weighted by Gasteiger charge is 2.24. The van der Waals surface area contributed by atoms with Crippen molar-refractivity contribution in [2.45, 2.75) is 51.4 Å². The Morgan fingerprint density at radius 2 is 0.810 bits per heavy atom. The highest BCUT2D eigenvalue weighted by atomic mass is 16.6. The van der Waals surface area contributed by atoms with Gasteiger partial charge in [-0.25, -0.2) is 19.0 Å². The Labute approximate surface area is 367 Å². The summed E-state index contributed by atoms with van der Waals surface area (Å²) >= 11 is 0. The number of rotatable bonds is 20. The molecule has 0 unspecified atom stereocenters. The number of hydrogen-bond donors (Lipinski definition) is 0. The first-order chi connectivity index (χ1) is 31.0. The van der Waals surface area contributed by atoms with Gasteiger partial charge in [-0.3, -0.25) is 0 Å². The van der Waals surface area contributed by atoms with Gasteiger partial charge in [0.05, 0.1) is 87.8 Å². The molecular formula is C50H54N4O9. The van der Waals surface area contributed by atoms with Crippen molar-refractivity contribution in [2.24, 2.45) is 0 Å². The van der Waals surface area contributed by atoms with Crippen LogP contribution in [-0.4, -0.2) is 98.6 Å². The van der Waals surface area contributed by atoms with Gasteiger partial charge < -0.3 is 33.2 Å². The molecule has 13 nitrogen and oxygen atoms in total. The van der Waals surface area contributed by atoms with Crippen LogP contribution in [0.15, 0.2) is 97.1 Å². The third-order valence-corrected chi connectivity index (χ3v) is 11.4. The molecule has 2 aliphatic rings. The molecule has 8 rings (SSSR count). The fourth-order valence-corrected chi connectivity index (χ4v) is 8.16. The maximum Gasteiger partial charge on any atom is 0.338 e. The Bertz CT molecular complexity index is 2270. The molecular weight excluding hydrogens is 801 g/mol. The summed E-state index contributed by atoms with van der Waals surface area (Å²) in [5.74, 6) is 0.800. The van der Waals surface area contributed by atoms with Crippen LogP contribution in [0.2, 0.25) is 0 Å². The van der Waals surface area contributed by atoms with Crippen molar-refractivity contribution in [3.8, 4) is 45.4 Å². The molecule has 0 saturated carbocycles. The lowest BCUT2D eigenvalue weighted by Crippen LogP contribution is -2.15. The van der Waals surface area contributed by atoms with Crippen molar-refractivity contribution >= 4 is 11.9 Å². The zero-order chi connectivity index (χ0) is 43.4. The lowest BCUT2D eigenvalue weighted by Gasteiger charge is -2.14. The molecule has 0 aliphatic heterocycles. The number of benzene rings is 4. The number of ether oxygens (including phenoxy) is 7. The van der Waals surface area contributed by atoms with Gasteiger partial charge in [0.1, 0.15) is 24.7 Å². The largest absolute Gasteiger partial charge is 0.497 e. The quantitative estimate of drug-likeness (QED) is 0.0543. The van der Waals surface area contributed by atoms with Gasteiger partial charge >= 0.3 is 11.9 Å². The zero-order valence-corrected chi connectivity index (χ0v) is 36.0. The summed E-state index contributed by atoms with van der Waals surface area (Å²) in [7, 11) is 3.32. The minimum Gasteiger partial charge on any atom is -0.497 e. The van der Waals surface area contributed by atoms with Crippen LogP contribution >= 0.6 is 0 Å². The minimum absolute atomic E-state index is 0.130. The number of hydrogen-bond acceptors (Lipinski definition) is 11. The fourth-order valence-electron chi connectivity index (χ4n) is 8.16. The topological polar surface area (TPSA) is 134 Å². The van der Waals surface area contributed by atoms with Crippen LogP contribution in [0.25, 0.3) is 33.9 Å². The Kier molecular flexibility index (Phi) is 14.6. The summed E-state index contributed by atoms with van der Waals surface area (Å²) in [4.78, 5) is 25.5. The molecule has 0 N–H and O–H groups in total. The second kappa shape index (κ2) is 21.2. The van der Waals surface area contributed by atoms with Gasteiger partial charge in [0.25, 0.3) is 0 Å². The van der Waals surface area contributed by atoms with Crippen molar-refractivity contribution in [2.75, 3.05) is 67.1 Å². The van der Waals surface area contributed by atoms with Gasteiger partial charge in [0.2, 0.25) is 0 Å². The van der Waals surface area contributed by atoms with E-state index in [2.05, 4.69) is 0 Å². The molecule has 0 amide bonds. The van der Waals surface area contributed by atoms with Gasteiger partial charge in [-0.1, -0.05) is 24.3 Å². The summed E-state index contributed by atoms with van der Waals surface area (Å²) in [5.41, 5.74) is 11.8. The van der Waals surface area contributed by atoms with E-state index in [1.807, 2.05) is 82.2 Å². The van der Waals surface area contributed by atoms with Gasteiger partial charge in [-0.15, -0.1) is 0 Å². The number of fused-ring (bicyclic) bond motifs is 2. The van der Waals surface area contributed by atoms with Crippen molar-refractivity contribution in [3.05, 3.63) is 131 Å². The average Bonchev–Trinajstić information content (AvgIpc) is 3.93. The molecule has 0 bridgehead atoms. The van der Waals surface area contributed by atoms with Crippen LogP contribution in [0.5, 0.6) is 11.5 Å². The van der Waals surface area contributed by atoms with Crippen LogP contribution in [0.3, 0.4) is 0 Å². The van der Waals surface area contributed by atoms with E-state index in [4.69, 9.17) is 43.4 Å². The Hall–Kier alpha value is -6.28. The minimum atomic E-state index is -0.406. The van der Waals surface area contributed by atoms with Crippen LogP contribution in [-0.2, 0) is 49.4 Å². The van der Waals surface area contributed by atoms with E-state index in [0.717, 1.165) is 96.8 Å². The maximum atomic E-state index is 12.7. The van der Waals surface area contributed by atoms with Crippen molar-refractivity contribution in [1.29, 1.82) is 0 Å². The van der Waals surface area contributed by atoms with E-state index in [1.54, 1.807) is 38.5 Å². The summed E-state index contributed by atoms with van der Waals surface area (Å²) in [6, 6.07) is 30.8. The number of carbonyl (C=O) groups is 2. The Balaban J connectivity index is 0.686. The van der Waals surface area contributed by atoms with Crippen molar-refractivity contribution < 1.29 is 42.7 Å². The number of aromatic nitrogens is 4. The first kappa shape index (κ1) is 43.4. The first-order valence-corrected chi connectivity index (χ1v) is 21.8. The maximum absolute atomic E-state index is 12.7. The number of carbonyl (C=O) groups excluding carboxylic acids is 2. The number of esters is 2. The predicted molar refractivity (Wildman–Crippen MR) is 237 cm³/mol. The molecule has 328 valence electrons. The third-order valence-electron chi connectivity index (χ3n) is 11.4. The highest BCUT2D eigenvalue weighted by molar-refractivity contribution is 5.90. The van der Waals surface area contributed by atoms with E-state index >= 15 is 0 Å². The molecule has 13 heteroatoms. The smallest absolute Gasteiger partial charge is 0.338 e. The standard InChI is InChI=1S/C50H54N4O9/c1-57-41-23-19-39(20-24-41)53-45-9-5-3-7-43(45)47(51-53)35-11-15-37(16-12-35)49(55)62-33-31-60-29-27-59-28-30-61-32-34-63-50(56)38-17-13-36(14-18-38)48-44-8-4-6-10-46(44)54(52-48)40-21-25-42(58-2)26-22-40/h11-26H,3-10,27-34H2,1-2H3. The normalized spacial score (nSPS) is 13.2. The van der Waals surface area contributed by atoms with Crippen LogP contribution in [0, 0.1) is 0 Å². The Morgan fingerprint density at radius 1 is 0.460 bits per heavy atom. The van der Waals surface area contributed by atoms with Crippen molar-refractivity contribution in [1.82, 2.24) is 19.6 Å². The van der Waals surface area contributed by atoms with Gasteiger partial charge in [-0.05, 0) is 124 Å². The summed E-state index contributed by atoms with van der Waals surface area (Å²) in [6.07, 6.45) is 8.43. The second-order valence-electron chi connectivity index (χ2n) is 15.4. The number of methoxy groups -OCH3 is 2. The third kappa shape index (κ3) is 10.5. The molecule has 0 radical (unpaired) electrons. The molecule has 0 spiro atoms. The van der Waals surface area contributed by atoms with E-state index in [0.29, 0.717) is 37.6 Å². The molecule has 6 aromatic rings. The average molecular weight is 855 g/mol. The highest BCUT2D eigenvalue weighted by Crippen LogP contribution is 2.35. The van der Waals surface area contributed by atoms with Crippen molar-refractivity contribution in [3.63, 3.8) is 0 Å². The Morgan fingerprint density at radius 3 is 1.17 bits per heavy atom. The summed E-state index contributed by atoms with van der Waals surface area (Å²) in [5, 5.41) is 10.0. The van der Waals surface area contributed by atoms with E-state index < -0.39 is 11.9 Å². The van der Waals surface area contributed by atoms with Crippen LogP contribution in [0.1, 0.15) is 68.9 Å². The van der Waals surface area contributed by atoms with Gasteiger partial charge in [-0.2, -0.15) is 10.2 Å². The molecule has 0 atom stereocenters. The summed E-state index contributed by atoms with van der Waals surface area (Å²) in [6.45, 7) is 2.20. The molecule has 2 aromatic heterocycles. The molecule has 2 heterocycles. The monoisotopic (exact) mass is 854 g/mol. The SMILES string of the molecule is COc1ccc(-n2nc(-c3ccc(C(=O)OCCOCCOCCOCCOC(=O)c4ccc(-c5nn(-c6ccc(OC)cc6)c6c5CCCC6)cc4)cc3)c3c2CCCC3)cc1. The van der Waals surface area contributed by atoms with Crippen LogP contribution < -0.4 is 9.47 Å². The molecule has 4 aromatic carbocycles. The zero-order valence-electron chi connectivity index (χ0n) is 36.0. The number of nitrogens with zero attached hydrogens (tertiary/aromatic N) is 4. The molecule has 2 aliphatic carbocycles. The fraction of sp³-hybridized carbons (Fsp3) is 0.360. The van der Waals surface area contributed by atoms with Gasteiger partial charge in [0.15, 0.2) is 0 Å². The second-order valence-corrected chi connectivity index (χ2v) is 15.4. The first-order valence-electron chi connectivity index (χ1n) is 21.8. The predicted octanol–water partition coefficient (Wildman–Crippen LogP) is 8.23. The molecule has 0 fully saturated rings. The lowest BCUT2D eigenvalue weighted by atomic mass is 9.93. The lowest BCUT2D eigenvalue weighted by molar-refractivity contribution is -0.00674. The molecule has 63 heavy (non-hydrogen) atoms. The van der Waals surface area contributed by atoms with E-state index in [-0.39, 0.29) is 26.4 Å². The van der Waals surface area contributed by atoms with Gasteiger partial charge in [0, 0.05) is 33.6 Å². The van der Waals surface area contributed by atoms with E-state index in [9.17, 15) is 9.59 Å².